The minimum absolute atomic E-state index is 0.000107. The molecule has 2 aliphatic rings. The number of nitrogens with one attached hydrogen (secondary N) is 2. The number of aromatic nitrogens is 5. The molecule has 0 saturated heterocycles. The monoisotopic (exact) mass is 491 g/mol. The van der Waals surface area contributed by atoms with Gasteiger partial charge in [0.2, 0.25) is 5.91 Å². The fourth-order valence-electron chi connectivity index (χ4n) is 4.12. The Morgan fingerprint density at radius 2 is 1.76 bits per heavy atom. The van der Waals surface area contributed by atoms with Crippen molar-refractivity contribution in [3.8, 4) is 22.6 Å². The predicted molar refractivity (Wildman–Crippen MR) is 139 cm³/mol. The van der Waals surface area contributed by atoms with Gasteiger partial charge < -0.3 is 10.6 Å². The zero-order valence-electron chi connectivity index (χ0n) is 20.3. The van der Waals surface area contributed by atoms with Crippen LogP contribution in [0.4, 0.5) is 11.5 Å². The minimum Gasteiger partial charge on any atom is -0.322 e. The van der Waals surface area contributed by atoms with E-state index in [1.807, 2.05) is 43.3 Å². The molecule has 9 heteroatoms. The van der Waals surface area contributed by atoms with Crippen LogP contribution in [0, 0.1) is 12.8 Å². The van der Waals surface area contributed by atoms with Crippen LogP contribution in [0.25, 0.3) is 22.6 Å². The van der Waals surface area contributed by atoms with E-state index in [0.29, 0.717) is 28.8 Å². The molecular formula is C28H25N7O2. The Hall–Kier alpha value is -4.53. The van der Waals surface area contributed by atoms with Crippen LogP contribution in [0.1, 0.15) is 53.2 Å². The lowest BCUT2D eigenvalue weighted by atomic mass is 10.0. The number of hydrogen-bond acceptors (Lipinski definition) is 7. The molecule has 0 spiro atoms. The Bertz CT molecular complexity index is 1510. The second-order valence-corrected chi connectivity index (χ2v) is 9.59. The summed E-state index contributed by atoms with van der Waals surface area (Å²) in [5, 5.41) is 14.0. The first-order valence-electron chi connectivity index (χ1n) is 12.4. The molecule has 0 atom stereocenters. The van der Waals surface area contributed by atoms with E-state index < -0.39 is 0 Å². The van der Waals surface area contributed by atoms with Crippen LogP contribution in [0.2, 0.25) is 0 Å². The molecular weight excluding hydrogens is 466 g/mol. The number of carbonyl (C=O) groups is 2. The second kappa shape index (κ2) is 9.50. The summed E-state index contributed by atoms with van der Waals surface area (Å²) in [7, 11) is 0. The molecule has 6 rings (SSSR count). The summed E-state index contributed by atoms with van der Waals surface area (Å²) in [4.78, 5) is 38.5. The van der Waals surface area contributed by atoms with Crippen molar-refractivity contribution in [2.45, 2.75) is 38.5 Å². The molecule has 2 N–H and O–H groups in total. The standard InChI is InChI=1S/C28H25N7O2/c1-16-2-7-21(32-28(37)20-12-24(17-3-4-17)35-31-15-20)14-22(16)23-9-11-30-26(33-23)19-8-10-29-25(13-19)34-27(36)18-5-6-18/h2,7-15,17-18H,3-6H2,1H3,(H,32,37)(H,29,34,36). The molecule has 184 valence electrons. The molecule has 0 unspecified atom stereocenters. The van der Waals surface area contributed by atoms with Crippen molar-refractivity contribution < 1.29 is 9.59 Å². The Kier molecular flexibility index (Phi) is 5.88. The molecule has 0 aliphatic heterocycles. The summed E-state index contributed by atoms with van der Waals surface area (Å²) in [6.45, 7) is 2.00. The minimum atomic E-state index is -0.229. The van der Waals surface area contributed by atoms with E-state index in [0.717, 1.165) is 53.8 Å². The van der Waals surface area contributed by atoms with Crippen LogP contribution in [0.5, 0.6) is 0 Å². The third-order valence-electron chi connectivity index (χ3n) is 6.58. The Morgan fingerprint density at radius 3 is 2.57 bits per heavy atom. The van der Waals surface area contributed by atoms with Gasteiger partial charge in [0.1, 0.15) is 5.82 Å². The lowest BCUT2D eigenvalue weighted by molar-refractivity contribution is -0.117. The maximum Gasteiger partial charge on any atom is 0.257 e. The number of benzene rings is 1. The van der Waals surface area contributed by atoms with Gasteiger partial charge in [0, 0.05) is 41.0 Å². The van der Waals surface area contributed by atoms with Crippen molar-refractivity contribution in [1.82, 2.24) is 25.1 Å². The average molecular weight is 492 g/mol. The fraction of sp³-hybridized carbons (Fsp3) is 0.250. The highest BCUT2D eigenvalue weighted by atomic mass is 16.2. The summed E-state index contributed by atoms with van der Waals surface area (Å²) >= 11 is 0. The van der Waals surface area contributed by atoms with Crippen molar-refractivity contribution in [1.29, 1.82) is 0 Å². The number of anilines is 2. The maximum absolute atomic E-state index is 12.9. The first-order chi connectivity index (χ1) is 18.0. The van der Waals surface area contributed by atoms with E-state index in [2.05, 4.69) is 30.8 Å². The smallest absolute Gasteiger partial charge is 0.257 e. The summed E-state index contributed by atoms with van der Waals surface area (Å²) in [6.07, 6.45) is 8.87. The topological polar surface area (TPSA) is 123 Å². The molecule has 2 saturated carbocycles. The Balaban J connectivity index is 1.24. The van der Waals surface area contributed by atoms with Gasteiger partial charge in [-0.05, 0) is 74.6 Å². The quantitative estimate of drug-likeness (QED) is 0.381. The number of aryl methyl sites for hydroxylation is 1. The summed E-state index contributed by atoms with van der Waals surface area (Å²) in [5.74, 6) is 1.29. The molecule has 4 aromatic rings. The Labute approximate surface area is 213 Å². The second-order valence-electron chi connectivity index (χ2n) is 9.59. The molecule has 2 aliphatic carbocycles. The number of carbonyl (C=O) groups excluding carboxylic acids is 2. The van der Waals surface area contributed by atoms with E-state index >= 15 is 0 Å². The summed E-state index contributed by atoms with van der Waals surface area (Å²) < 4.78 is 0. The predicted octanol–water partition coefficient (Wildman–Crippen LogP) is 4.78. The molecule has 37 heavy (non-hydrogen) atoms. The maximum atomic E-state index is 12.9. The van der Waals surface area contributed by atoms with E-state index in [4.69, 9.17) is 4.98 Å². The zero-order valence-corrected chi connectivity index (χ0v) is 20.3. The lowest BCUT2D eigenvalue weighted by Gasteiger charge is -2.11. The molecule has 2 amide bonds. The van der Waals surface area contributed by atoms with Crippen molar-refractivity contribution >= 4 is 23.3 Å². The van der Waals surface area contributed by atoms with E-state index in [-0.39, 0.29) is 17.7 Å². The van der Waals surface area contributed by atoms with Crippen LogP contribution in [0.15, 0.2) is 61.1 Å². The van der Waals surface area contributed by atoms with Crippen LogP contribution in [-0.2, 0) is 4.79 Å². The van der Waals surface area contributed by atoms with Gasteiger partial charge in [-0.15, -0.1) is 0 Å². The Morgan fingerprint density at radius 1 is 0.919 bits per heavy atom. The number of nitrogens with zero attached hydrogens (tertiary/aromatic N) is 5. The average Bonchev–Trinajstić information content (AvgIpc) is 3.83. The number of rotatable bonds is 7. The van der Waals surface area contributed by atoms with E-state index in [1.165, 1.54) is 6.20 Å². The largest absolute Gasteiger partial charge is 0.322 e. The molecule has 9 nitrogen and oxygen atoms in total. The fourth-order valence-corrected chi connectivity index (χ4v) is 4.12. The van der Waals surface area contributed by atoms with E-state index in [9.17, 15) is 9.59 Å². The van der Waals surface area contributed by atoms with Crippen molar-refractivity contribution in [2.75, 3.05) is 10.6 Å². The number of pyridine rings is 1. The molecule has 1 aromatic carbocycles. The lowest BCUT2D eigenvalue weighted by Crippen LogP contribution is -2.14. The van der Waals surface area contributed by atoms with Crippen molar-refractivity contribution in [3.05, 3.63) is 77.9 Å². The van der Waals surface area contributed by atoms with Gasteiger partial charge in [-0.25, -0.2) is 15.0 Å². The number of hydrogen-bond donors (Lipinski definition) is 2. The van der Waals surface area contributed by atoms with Gasteiger partial charge in [-0.2, -0.15) is 10.2 Å². The molecule has 3 heterocycles. The highest BCUT2D eigenvalue weighted by Crippen LogP contribution is 2.38. The van der Waals surface area contributed by atoms with E-state index in [1.54, 1.807) is 18.5 Å². The van der Waals surface area contributed by atoms with Gasteiger partial charge in [-0.3, -0.25) is 9.59 Å². The number of amides is 2. The van der Waals surface area contributed by atoms with Gasteiger partial charge >= 0.3 is 0 Å². The molecule has 0 bridgehead atoms. The third kappa shape index (κ3) is 5.20. The van der Waals surface area contributed by atoms with Crippen LogP contribution in [0.3, 0.4) is 0 Å². The third-order valence-corrected chi connectivity index (χ3v) is 6.58. The normalized spacial score (nSPS) is 14.7. The van der Waals surface area contributed by atoms with Gasteiger partial charge in [0.15, 0.2) is 5.82 Å². The van der Waals surface area contributed by atoms with Gasteiger partial charge in [0.05, 0.1) is 23.1 Å². The van der Waals surface area contributed by atoms with Crippen molar-refractivity contribution in [2.24, 2.45) is 5.92 Å². The first-order valence-corrected chi connectivity index (χ1v) is 12.4. The van der Waals surface area contributed by atoms with Gasteiger partial charge in [0.25, 0.3) is 5.91 Å². The van der Waals surface area contributed by atoms with Gasteiger partial charge in [-0.1, -0.05) is 6.07 Å². The van der Waals surface area contributed by atoms with Crippen LogP contribution < -0.4 is 10.6 Å². The summed E-state index contributed by atoms with van der Waals surface area (Å²) in [5.41, 5.74) is 5.38. The summed E-state index contributed by atoms with van der Waals surface area (Å²) in [6, 6.07) is 13.0. The molecule has 3 aromatic heterocycles. The highest BCUT2D eigenvalue weighted by molar-refractivity contribution is 6.04. The van der Waals surface area contributed by atoms with Crippen molar-refractivity contribution in [3.63, 3.8) is 0 Å². The highest BCUT2D eigenvalue weighted by Gasteiger charge is 2.30. The first kappa shape index (κ1) is 22.9. The SMILES string of the molecule is Cc1ccc(NC(=O)c2cnnc(C3CC3)c2)cc1-c1ccnc(-c2ccnc(NC(=O)C3CC3)c2)n1. The molecule has 0 radical (unpaired) electrons. The zero-order chi connectivity index (χ0) is 25.4. The molecule has 2 fully saturated rings. The van der Waals surface area contributed by atoms with Crippen LogP contribution in [-0.4, -0.2) is 37.0 Å². The van der Waals surface area contributed by atoms with Crippen LogP contribution >= 0.6 is 0 Å².